The second-order valence-corrected chi connectivity index (χ2v) is 11.1. The highest BCUT2D eigenvalue weighted by Gasteiger charge is 2.37. The van der Waals surface area contributed by atoms with Crippen molar-refractivity contribution < 1.29 is 35.9 Å². The number of carbonyl (C=O) groups excluding carboxylic acids is 2. The summed E-state index contributed by atoms with van der Waals surface area (Å²) in [7, 11) is 0. The lowest BCUT2D eigenvalue weighted by Crippen LogP contribution is -2.36. The fourth-order valence-electron chi connectivity index (χ4n) is 5.77. The third-order valence-corrected chi connectivity index (χ3v) is 8.05. The summed E-state index contributed by atoms with van der Waals surface area (Å²) in [5.74, 6) is -0.886. The van der Waals surface area contributed by atoms with Crippen molar-refractivity contribution in [2.45, 2.75) is 44.5 Å². The number of alkyl halides is 6. The molecule has 3 aromatic carbocycles. The Labute approximate surface area is 245 Å². The van der Waals surface area contributed by atoms with Gasteiger partial charge in [-0.3, -0.25) is 9.59 Å². The van der Waals surface area contributed by atoms with E-state index in [0.717, 1.165) is 32.1 Å². The van der Waals surface area contributed by atoms with Crippen molar-refractivity contribution in [2.75, 3.05) is 36.4 Å². The number of benzene rings is 3. The molecule has 11 heteroatoms. The van der Waals surface area contributed by atoms with Crippen molar-refractivity contribution in [3.8, 4) is 0 Å². The van der Waals surface area contributed by atoms with Crippen LogP contribution >= 0.6 is 0 Å². The molecular weight excluding hydrogens is 572 g/mol. The molecule has 228 valence electrons. The van der Waals surface area contributed by atoms with Crippen LogP contribution in [-0.4, -0.2) is 42.9 Å². The Kier molecular flexibility index (Phi) is 8.71. The zero-order valence-electron chi connectivity index (χ0n) is 23.3. The maximum atomic E-state index is 13.6. The molecule has 0 saturated carbocycles. The van der Waals surface area contributed by atoms with Crippen LogP contribution in [0.3, 0.4) is 0 Å². The molecule has 0 unspecified atom stereocenters. The summed E-state index contributed by atoms with van der Waals surface area (Å²) in [6, 6.07) is 15.6. The lowest BCUT2D eigenvalue weighted by atomic mass is 9.89. The number of piperidine rings is 1. The minimum absolute atomic E-state index is 0.0264. The highest BCUT2D eigenvalue weighted by Crippen LogP contribution is 2.37. The number of hydrogen-bond acceptors (Lipinski definition) is 3. The summed E-state index contributed by atoms with van der Waals surface area (Å²) < 4.78 is 79.9. The average molecular weight is 604 g/mol. The summed E-state index contributed by atoms with van der Waals surface area (Å²) in [5.41, 5.74) is -1.56. The van der Waals surface area contributed by atoms with Gasteiger partial charge < -0.3 is 15.1 Å². The van der Waals surface area contributed by atoms with Crippen molar-refractivity contribution in [3.63, 3.8) is 0 Å². The van der Waals surface area contributed by atoms with Crippen LogP contribution in [0, 0.1) is 5.92 Å². The monoisotopic (exact) mass is 603 g/mol. The van der Waals surface area contributed by atoms with Crippen molar-refractivity contribution >= 4 is 23.2 Å². The summed E-state index contributed by atoms with van der Waals surface area (Å²) >= 11 is 0. The van der Waals surface area contributed by atoms with Crippen molar-refractivity contribution in [3.05, 3.63) is 94.5 Å². The van der Waals surface area contributed by atoms with E-state index in [-0.39, 0.29) is 17.7 Å². The quantitative estimate of drug-likeness (QED) is 0.294. The van der Waals surface area contributed by atoms with Crippen LogP contribution in [0.2, 0.25) is 0 Å². The predicted molar refractivity (Wildman–Crippen MR) is 151 cm³/mol. The van der Waals surface area contributed by atoms with Gasteiger partial charge in [-0.2, -0.15) is 26.3 Å². The minimum Gasteiger partial charge on any atom is -0.371 e. The van der Waals surface area contributed by atoms with Crippen LogP contribution < -0.4 is 10.2 Å². The Morgan fingerprint density at radius 2 is 1.37 bits per heavy atom. The van der Waals surface area contributed by atoms with Gasteiger partial charge in [0.05, 0.1) is 16.7 Å². The maximum absolute atomic E-state index is 13.6. The molecular formula is C32H31F6N3O2. The largest absolute Gasteiger partial charge is 0.416 e. The molecule has 0 spiro atoms. The summed E-state index contributed by atoms with van der Waals surface area (Å²) in [6.07, 6.45) is -5.64. The lowest BCUT2D eigenvalue weighted by molar-refractivity contribution is -0.143. The van der Waals surface area contributed by atoms with E-state index < -0.39 is 35.0 Å². The third-order valence-electron chi connectivity index (χ3n) is 8.05. The third kappa shape index (κ3) is 7.32. The number of anilines is 2. The van der Waals surface area contributed by atoms with Gasteiger partial charge in [0.25, 0.3) is 11.8 Å². The highest BCUT2D eigenvalue weighted by atomic mass is 19.4. The molecule has 2 fully saturated rings. The van der Waals surface area contributed by atoms with Crippen molar-refractivity contribution in [1.82, 2.24) is 4.90 Å². The average Bonchev–Trinajstić information content (AvgIpc) is 3.52. The first-order valence-corrected chi connectivity index (χ1v) is 14.2. The van der Waals surface area contributed by atoms with Crippen LogP contribution in [0.25, 0.3) is 0 Å². The first kappa shape index (κ1) is 30.4. The Bertz CT molecular complexity index is 1430. The predicted octanol–water partition coefficient (Wildman–Crippen LogP) is 7.67. The van der Waals surface area contributed by atoms with Crippen LogP contribution in [0.15, 0.2) is 66.7 Å². The summed E-state index contributed by atoms with van der Waals surface area (Å²) in [5, 5.41) is 2.40. The van der Waals surface area contributed by atoms with E-state index in [2.05, 4.69) is 22.3 Å². The first-order chi connectivity index (χ1) is 20.4. The molecule has 5 nitrogen and oxygen atoms in total. The number of likely N-dealkylation sites (tertiary alicyclic amines) is 1. The molecule has 2 heterocycles. The molecule has 2 amide bonds. The van der Waals surface area contributed by atoms with E-state index in [0.29, 0.717) is 55.5 Å². The van der Waals surface area contributed by atoms with Crippen molar-refractivity contribution in [2.24, 2.45) is 5.92 Å². The second-order valence-electron chi connectivity index (χ2n) is 11.1. The van der Waals surface area contributed by atoms with Gasteiger partial charge in [0.1, 0.15) is 0 Å². The fraction of sp³-hybridized carbons (Fsp3) is 0.375. The summed E-state index contributed by atoms with van der Waals surface area (Å²) in [4.78, 5) is 30.3. The van der Waals surface area contributed by atoms with E-state index in [1.54, 1.807) is 11.0 Å². The van der Waals surface area contributed by atoms with Gasteiger partial charge in [-0.1, -0.05) is 30.3 Å². The van der Waals surface area contributed by atoms with E-state index in [4.69, 9.17) is 0 Å². The van der Waals surface area contributed by atoms with E-state index in [1.807, 2.05) is 18.2 Å². The van der Waals surface area contributed by atoms with E-state index in [1.165, 1.54) is 17.7 Å². The molecule has 0 aromatic heterocycles. The number of hydrogen-bond donors (Lipinski definition) is 1. The molecule has 0 radical (unpaired) electrons. The maximum Gasteiger partial charge on any atom is 0.416 e. The molecule has 2 saturated heterocycles. The molecule has 43 heavy (non-hydrogen) atoms. The standard InChI is InChI=1S/C32H31F6N3O2/c33-31(34,35)24-17-23(18-25(19-24)32(36,37)38)29(42)39-26-8-9-28(27(20-26)30(43)41-12-4-5-13-41)40-14-10-22(11-15-40)16-21-6-2-1-3-7-21/h1-3,6-9,17-20,22H,4-5,10-16H2,(H,39,42). The van der Waals surface area contributed by atoms with Gasteiger partial charge in [0.2, 0.25) is 0 Å². The van der Waals surface area contributed by atoms with Gasteiger partial charge >= 0.3 is 12.4 Å². The smallest absolute Gasteiger partial charge is 0.371 e. The van der Waals surface area contributed by atoms with Gasteiger partial charge in [-0.05, 0) is 80.0 Å². The SMILES string of the molecule is O=C(Nc1ccc(N2CCC(Cc3ccccc3)CC2)c(C(=O)N2CCCC2)c1)c1cc(C(F)(F)F)cc(C(F)(F)F)c1. The highest BCUT2D eigenvalue weighted by molar-refractivity contribution is 6.06. The van der Waals surface area contributed by atoms with Gasteiger partial charge in [-0.25, -0.2) is 0 Å². The lowest BCUT2D eigenvalue weighted by Gasteiger charge is -2.35. The molecule has 2 aliphatic heterocycles. The van der Waals surface area contributed by atoms with Crippen LogP contribution in [0.1, 0.15) is 63.1 Å². The summed E-state index contributed by atoms with van der Waals surface area (Å²) in [6.45, 7) is 2.60. The number of amides is 2. The molecule has 2 aliphatic rings. The zero-order chi connectivity index (χ0) is 30.8. The Balaban J connectivity index is 1.38. The number of rotatable bonds is 6. The fourth-order valence-corrected chi connectivity index (χ4v) is 5.77. The Morgan fingerprint density at radius 3 is 1.95 bits per heavy atom. The topological polar surface area (TPSA) is 52.7 Å². The number of nitrogens with one attached hydrogen (secondary N) is 1. The Morgan fingerprint density at radius 1 is 0.767 bits per heavy atom. The number of halogens is 6. The molecule has 0 atom stereocenters. The van der Waals surface area contributed by atoms with Crippen LogP contribution in [0.5, 0.6) is 0 Å². The molecule has 1 N–H and O–H groups in total. The Hall–Kier alpha value is -4.02. The van der Waals surface area contributed by atoms with Crippen LogP contribution in [-0.2, 0) is 18.8 Å². The van der Waals surface area contributed by atoms with Gasteiger partial charge in [0.15, 0.2) is 0 Å². The molecule has 3 aromatic rings. The zero-order valence-corrected chi connectivity index (χ0v) is 23.3. The van der Waals surface area contributed by atoms with Crippen molar-refractivity contribution in [1.29, 1.82) is 0 Å². The normalized spacial score (nSPS) is 16.4. The molecule has 0 aliphatic carbocycles. The number of carbonyl (C=O) groups is 2. The van der Waals surface area contributed by atoms with Gasteiger partial charge in [0, 0.05) is 43.1 Å². The second kappa shape index (κ2) is 12.3. The van der Waals surface area contributed by atoms with E-state index in [9.17, 15) is 35.9 Å². The van der Waals surface area contributed by atoms with Gasteiger partial charge in [-0.15, -0.1) is 0 Å². The molecule has 5 rings (SSSR count). The minimum atomic E-state index is -5.08. The molecule has 0 bridgehead atoms. The van der Waals surface area contributed by atoms with E-state index >= 15 is 0 Å². The van der Waals surface area contributed by atoms with Crippen LogP contribution in [0.4, 0.5) is 37.7 Å². The number of nitrogens with zero attached hydrogens (tertiary/aromatic N) is 2. The first-order valence-electron chi connectivity index (χ1n) is 14.2.